The minimum absolute atomic E-state index is 0.0177. The van der Waals surface area contributed by atoms with Crippen LogP contribution in [0.5, 0.6) is 5.75 Å². The molecule has 1 saturated carbocycles. The van der Waals surface area contributed by atoms with Crippen LogP contribution in [0.3, 0.4) is 0 Å². The molecule has 2 atom stereocenters. The highest BCUT2D eigenvalue weighted by molar-refractivity contribution is 7.10. The second-order valence-corrected chi connectivity index (χ2v) is 11.2. The molecule has 8 heteroatoms. The topological polar surface area (TPSA) is 59.1 Å². The van der Waals surface area contributed by atoms with E-state index in [-0.39, 0.29) is 36.4 Å². The molecular formula is C27H33ClN2O4S. The van der Waals surface area contributed by atoms with E-state index in [1.165, 1.54) is 4.88 Å². The van der Waals surface area contributed by atoms with Crippen molar-refractivity contribution < 1.29 is 19.1 Å². The molecule has 3 heterocycles. The highest BCUT2D eigenvalue weighted by Crippen LogP contribution is 2.34. The minimum Gasteiger partial charge on any atom is -0.491 e. The summed E-state index contributed by atoms with van der Waals surface area (Å²) in [5, 5.41) is 2.74. The van der Waals surface area contributed by atoms with Gasteiger partial charge in [-0.15, -0.1) is 11.3 Å². The number of hydrogen-bond donors (Lipinski definition) is 0. The first-order valence-corrected chi connectivity index (χ1v) is 14.0. The summed E-state index contributed by atoms with van der Waals surface area (Å²) >= 11 is 7.74. The molecule has 2 fully saturated rings. The van der Waals surface area contributed by atoms with Crippen molar-refractivity contribution in [3.8, 4) is 5.75 Å². The molecule has 2 aromatic rings. The predicted octanol–water partition coefficient (Wildman–Crippen LogP) is 5.10. The average molecular weight is 517 g/mol. The van der Waals surface area contributed by atoms with Gasteiger partial charge in [0.2, 0.25) is 11.8 Å². The van der Waals surface area contributed by atoms with Crippen LogP contribution in [0.1, 0.15) is 55.0 Å². The molecule has 3 aliphatic rings. The van der Waals surface area contributed by atoms with Crippen LogP contribution >= 0.6 is 22.9 Å². The molecule has 35 heavy (non-hydrogen) atoms. The van der Waals surface area contributed by atoms with Crippen molar-refractivity contribution in [3.63, 3.8) is 0 Å². The number of rotatable bonds is 8. The van der Waals surface area contributed by atoms with Crippen molar-refractivity contribution in [2.24, 2.45) is 5.92 Å². The van der Waals surface area contributed by atoms with E-state index in [0.29, 0.717) is 24.7 Å². The van der Waals surface area contributed by atoms with Crippen molar-refractivity contribution in [1.29, 1.82) is 0 Å². The molecule has 1 aromatic carbocycles. The lowest BCUT2D eigenvalue weighted by Gasteiger charge is -2.37. The number of nitrogens with zero attached hydrogens (tertiary/aromatic N) is 2. The van der Waals surface area contributed by atoms with Crippen LogP contribution in [0.2, 0.25) is 5.02 Å². The number of amides is 2. The number of hydrogen-bond acceptors (Lipinski definition) is 5. The van der Waals surface area contributed by atoms with Crippen molar-refractivity contribution in [2.75, 3.05) is 32.8 Å². The van der Waals surface area contributed by atoms with Crippen molar-refractivity contribution in [1.82, 2.24) is 9.80 Å². The molecule has 0 spiro atoms. The zero-order chi connectivity index (χ0) is 24.2. The Balaban J connectivity index is 1.31. The fourth-order valence-corrected chi connectivity index (χ4v) is 6.59. The van der Waals surface area contributed by atoms with Crippen LogP contribution in [-0.4, -0.2) is 60.6 Å². The Labute approximate surface area is 216 Å². The molecule has 5 rings (SSSR count). The van der Waals surface area contributed by atoms with E-state index in [2.05, 4.69) is 11.4 Å². The lowest BCUT2D eigenvalue weighted by atomic mass is 10.00. The van der Waals surface area contributed by atoms with E-state index in [1.54, 1.807) is 28.4 Å². The summed E-state index contributed by atoms with van der Waals surface area (Å²) in [5.74, 6) is 0.864. The van der Waals surface area contributed by atoms with Gasteiger partial charge in [-0.2, -0.15) is 0 Å². The lowest BCUT2D eigenvalue weighted by molar-refractivity contribution is -0.146. The number of fused-ring (bicyclic) bond motifs is 1. The third kappa shape index (κ3) is 5.84. The molecular weight excluding hydrogens is 484 g/mol. The Hall–Kier alpha value is -2.09. The summed E-state index contributed by atoms with van der Waals surface area (Å²) in [5.41, 5.74) is 1.15. The molecule has 0 unspecified atom stereocenters. The van der Waals surface area contributed by atoms with Gasteiger partial charge in [0.25, 0.3) is 0 Å². The summed E-state index contributed by atoms with van der Waals surface area (Å²) < 4.78 is 11.9. The Bertz CT molecular complexity index is 1010. The summed E-state index contributed by atoms with van der Waals surface area (Å²) in [7, 11) is 0. The van der Waals surface area contributed by atoms with Gasteiger partial charge in [0, 0.05) is 35.5 Å². The van der Waals surface area contributed by atoms with Gasteiger partial charge in [0.05, 0.1) is 18.7 Å². The number of thiophene rings is 1. The number of carbonyl (C=O) groups is 2. The Morgan fingerprint density at radius 3 is 2.66 bits per heavy atom. The maximum absolute atomic E-state index is 13.7. The zero-order valence-electron chi connectivity index (χ0n) is 20.0. The van der Waals surface area contributed by atoms with Gasteiger partial charge in [-0.05, 0) is 73.4 Å². The molecule has 2 amide bonds. The van der Waals surface area contributed by atoms with Crippen LogP contribution in [-0.2, 0) is 20.7 Å². The molecule has 6 nitrogen and oxygen atoms in total. The van der Waals surface area contributed by atoms with E-state index in [1.807, 2.05) is 17.0 Å². The maximum atomic E-state index is 13.7. The Morgan fingerprint density at radius 2 is 1.91 bits per heavy atom. The van der Waals surface area contributed by atoms with Crippen LogP contribution in [0.4, 0.5) is 0 Å². The molecule has 1 aliphatic carbocycles. The molecule has 0 radical (unpaired) electrons. The summed E-state index contributed by atoms with van der Waals surface area (Å²) in [6.45, 7) is 2.34. The van der Waals surface area contributed by atoms with Crippen LogP contribution in [0, 0.1) is 5.92 Å². The standard InChI is InChI=1S/C27H33ClN2O4S/c28-20-7-9-21(10-8-20)34-18-24-23-12-15-35-25(23)11-13-30(24)26(31)17-29(16-22-6-3-14-33-22)27(32)19-4-1-2-5-19/h7-10,12,15,19,22,24H,1-6,11,13-14,16-18H2/t22-,24+/m0/s1. The van der Waals surface area contributed by atoms with Crippen molar-refractivity contribution in [3.05, 3.63) is 51.2 Å². The van der Waals surface area contributed by atoms with E-state index in [9.17, 15) is 9.59 Å². The first-order valence-electron chi connectivity index (χ1n) is 12.7. The molecule has 1 aromatic heterocycles. The average Bonchev–Trinajstić information content (AvgIpc) is 3.65. The first kappa shape index (κ1) is 24.6. The van der Waals surface area contributed by atoms with Gasteiger partial charge < -0.3 is 19.3 Å². The Kier molecular flexibility index (Phi) is 7.95. The number of halogens is 1. The van der Waals surface area contributed by atoms with Crippen LogP contribution < -0.4 is 4.74 Å². The summed E-state index contributed by atoms with van der Waals surface area (Å²) in [4.78, 5) is 32.1. The molecule has 1 saturated heterocycles. The van der Waals surface area contributed by atoms with Gasteiger partial charge in [-0.25, -0.2) is 0 Å². The lowest BCUT2D eigenvalue weighted by Crippen LogP contribution is -2.50. The summed E-state index contributed by atoms with van der Waals surface area (Å²) in [6, 6.07) is 9.20. The SMILES string of the molecule is O=C(C1CCCC1)N(CC(=O)N1CCc2sccc2[C@H]1COc1ccc(Cl)cc1)C[C@@H]1CCCO1. The van der Waals surface area contributed by atoms with Crippen molar-refractivity contribution >= 4 is 34.8 Å². The third-order valence-electron chi connectivity index (χ3n) is 7.43. The van der Waals surface area contributed by atoms with E-state index < -0.39 is 0 Å². The zero-order valence-corrected chi connectivity index (χ0v) is 21.6. The monoisotopic (exact) mass is 516 g/mol. The predicted molar refractivity (Wildman–Crippen MR) is 137 cm³/mol. The highest BCUT2D eigenvalue weighted by atomic mass is 35.5. The van der Waals surface area contributed by atoms with E-state index >= 15 is 0 Å². The van der Waals surface area contributed by atoms with Crippen LogP contribution in [0.15, 0.2) is 35.7 Å². The van der Waals surface area contributed by atoms with E-state index in [4.69, 9.17) is 21.1 Å². The van der Waals surface area contributed by atoms with Crippen molar-refractivity contribution in [2.45, 2.75) is 57.1 Å². The van der Waals surface area contributed by atoms with Gasteiger partial charge in [0.15, 0.2) is 0 Å². The quantitative estimate of drug-likeness (QED) is 0.489. The van der Waals surface area contributed by atoms with Gasteiger partial charge in [-0.1, -0.05) is 24.4 Å². The molecule has 0 bridgehead atoms. The van der Waals surface area contributed by atoms with Gasteiger partial charge in [0.1, 0.15) is 12.4 Å². The normalized spacial score (nSPS) is 22.3. The fraction of sp³-hybridized carbons (Fsp3) is 0.556. The number of benzene rings is 1. The molecule has 0 N–H and O–H groups in total. The Morgan fingerprint density at radius 1 is 1.11 bits per heavy atom. The van der Waals surface area contributed by atoms with E-state index in [0.717, 1.165) is 62.9 Å². The minimum atomic E-state index is -0.181. The maximum Gasteiger partial charge on any atom is 0.242 e. The number of carbonyl (C=O) groups excluding carboxylic acids is 2. The molecule has 2 aliphatic heterocycles. The third-order valence-corrected chi connectivity index (χ3v) is 8.68. The highest BCUT2D eigenvalue weighted by Gasteiger charge is 2.36. The number of ether oxygens (including phenoxy) is 2. The fourth-order valence-electron chi connectivity index (χ4n) is 5.53. The van der Waals surface area contributed by atoms with Gasteiger partial charge >= 0.3 is 0 Å². The first-order chi connectivity index (χ1) is 17.1. The molecule has 188 valence electrons. The van der Waals surface area contributed by atoms with Gasteiger partial charge in [-0.3, -0.25) is 9.59 Å². The second-order valence-electron chi connectivity index (χ2n) is 9.75. The second kappa shape index (κ2) is 11.3. The summed E-state index contributed by atoms with van der Waals surface area (Å²) in [6.07, 6.45) is 6.86. The van der Waals surface area contributed by atoms with Crippen LogP contribution in [0.25, 0.3) is 0 Å². The largest absolute Gasteiger partial charge is 0.491 e. The smallest absolute Gasteiger partial charge is 0.242 e.